The summed E-state index contributed by atoms with van der Waals surface area (Å²) in [5, 5.41) is 0. The summed E-state index contributed by atoms with van der Waals surface area (Å²) in [4.78, 5) is 21.9. The summed E-state index contributed by atoms with van der Waals surface area (Å²) in [6, 6.07) is 6.51. The van der Waals surface area contributed by atoms with Crippen molar-refractivity contribution in [2.24, 2.45) is 5.73 Å². The topological polar surface area (TPSA) is 78.6 Å². The first-order valence-electron chi connectivity index (χ1n) is 5.49. The highest BCUT2D eigenvalue weighted by Crippen LogP contribution is 2.12. The van der Waals surface area contributed by atoms with E-state index in [0.717, 1.165) is 0 Å². The average molecular weight is 249 g/mol. The third kappa shape index (κ3) is 4.69. The van der Waals surface area contributed by atoms with Crippen molar-refractivity contribution in [1.82, 2.24) is 0 Å². The number of hydrogen-bond donors (Lipinski definition) is 1. The van der Waals surface area contributed by atoms with E-state index in [-0.39, 0.29) is 6.61 Å². The van der Waals surface area contributed by atoms with Crippen LogP contribution in [0.25, 0.3) is 0 Å². The Morgan fingerprint density at radius 2 is 2.17 bits per heavy atom. The number of carbonyl (C=O) groups excluding carboxylic acids is 2. The summed E-state index contributed by atoms with van der Waals surface area (Å²) in [7, 11) is 0. The molecule has 5 heteroatoms. The zero-order valence-corrected chi connectivity index (χ0v) is 10.1. The van der Waals surface area contributed by atoms with Crippen LogP contribution in [-0.2, 0) is 9.53 Å². The maximum atomic E-state index is 11.0. The maximum absolute atomic E-state index is 11.0. The van der Waals surface area contributed by atoms with E-state index in [1.54, 1.807) is 31.2 Å². The monoisotopic (exact) mass is 249 g/mol. The van der Waals surface area contributed by atoms with Gasteiger partial charge in [0, 0.05) is 11.6 Å². The molecule has 18 heavy (non-hydrogen) atoms. The van der Waals surface area contributed by atoms with Gasteiger partial charge in [0.2, 0.25) is 5.91 Å². The molecule has 0 bridgehead atoms. The molecule has 0 aromatic heterocycles. The number of esters is 1. The number of hydrogen-bond acceptors (Lipinski definition) is 4. The molecule has 0 atom stereocenters. The van der Waals surface area contributed by atoms with Gasteiger partial charge in [0.15, 0.2) is 0 Å². The average Bonchev–Trinajstić information content (AvgIpc) is 2.35. The van der Waals surface area contributed by atoms with Crippen LogP contribution in [0, 0.1) is 0 Å². The van der Waals surface area contributed by atoms with E-state index >= 15 is 0 Å². The SMILES string of the molecule is CCOC(=O)/C=C/COc1cccc(C(N)=O)c1. The summed E-state index contributed by atoms with van der Waals surface area (Å²) in [6.07, 6.45) is 2.83. The van der Waals surface area contributed by atoms with E-state index in [1.165, 1.54) is 12.2 Å². The van der Waals surface area contributed by atoms with Gasteiger partial charge in [0.1, 0.15) is 12.4 Å². The lowest BCUT2D eigenvalue weighted by Crippen LogP contribution is -2.10. The summed E-state index contributed by atoms with van der Waals surface area (Å²) >= 11 is 0. The highest BCUT2D eigenvalue weighted by molar-refractivity contribution is 5.93. The third-order valence-corrected chi connectivity index (χ3v) is 2.01. The molecule has 5 nitrogen and oxygen atoms in total. The largest absolute Gasteiger partial charge is 0.490 e. The van der Waals surface area contributed by atoms with Crippen molar-refractivity contribution in [2.45, 2.75) is 6.92 Å². The number of primary amides is 1. The number of rotatable bonds is 6. The molecule has 96 valence electrons. The molecule has 2 N–H and O–H groups in total. The number of ether oxygens (including phenoxy) is 2. The second-order valence-electron chi connectivity index (χ2n) is 3.36. The smallest absolute Gasteiger partial charge is 0.330 e. The molecule has 0 saturated carbocycles. The predicted molar refractivity (Wildman–Crippen MR) is 66.2 cm³/mol. The zero-order valence-electron chi connectivity index (χ0n) is 10.1. The van der Waals surface area contributed by atoms with Crippen molar-refractivity contribution >= 4 is 11.9 Å². The van der Waals surface area contributed by atoms with Crippen molar-refractivity contribution in [3.8, 4) is 5.75 Å². The van der Waals surface area contributed by atoms with Gasteiger partial charge in [-0.2, -0.15) is 0 Å². The first kappa shape index (κ1) is 13.8. The van der Waals surface area contributed by atoms with E-state index in [2.05, 4.69) is 0 Å². The van der Waals surface area contributed by atoms with Crippen molar-refractivity contribution < 1.29 is 19.1 Å². The Morgan fingerprint density at radius 3 is 2.83 bits per heavy atom. The van der Waals surface area contributed by atoms with Gasteiger partial charge in [0.25, 0.3) is 0 Å². The van der Waals surface area contributed by atoms with Gasteiger partial charge < -0.3 is 15.2 Å². The minimum Gasteiger partial charge on any atom is -0.490 e. The summed E-state index contributed by atoms with van der Waals surface area (Å²) in [5.41, 5.74) is 5.52. The predicted octanol–water partition coefficient (Wildman–Crippen LogP) is 1.28. The van der Waals surface area contributed by atoms with Gasteiger partial charge >= 0.3 is 5.97 Å². The summed E-state index contributed by atoms with van der Waals surface area (Å²) in [6.45, 7) is 2.28. The number of benzene rings is 1. The molecule has 0 heterocycles. The van der Waals surface area contributed by atoms with Crippen molar-refractivity contribution in [3.63, 3.8) is 0 Å². The molecule has 0 unspecified atom stereocenters. The molecule has 1 rings (SSSR count). The highest BCUT2D eigenvalue weighted by atomic mass is 16.5. The number of amides is 1. The van der Waals surface area contributed by atoms with E-state index in [0.29, 0.717) is 17.9 Å². The molecule has 0 aliphatic carbocycles. The highest BCUT2D eigenvalue weighted by Gasteiger charge is 2.01. The van der Waals surface area contributed by atoms with Gasteiger partial charge in [-0.3, -0.25) is 4.79 Å². The Hall–Kier alpha value is -2.30. The van der Waals surface area contributed by atoms with Crippen LogP contribution in [0.4, 0.5) is 0 Å². The molecule has 1 aromatic rings. The summed E-state index contributed by atoms with van der Waals surface area (Å²) in [5.74, 6) is -0.408. The Kier molecular flexibility index (Phi) is 5.44. The lowest BCUT2D eigenvalue weighted by Gasteiger charge is -2.04. The van der Waals surface area contributed by atoms with Gasteiger partial charge in [0.05, 0.1) is 6.61 Å². The minimum absolute atomic E-state index is 0.209. The Bertz CT molecular complexity index is 454. The molecule has 0 saturated heterocycles. The third-order valence-electron chi connectivity index (χ3n) is 2.01. The number of carbonyl (C=O) groups is 2. The molecular formula is C13H15NO4. The van der Waals surface area contributed by atoms with Gasteiger partial charge in [-0.1, -0.05) is 6.07 Å². The zero-order chi connectivity index (χ0) is 13.4. The van der Waals surface area contributed by atoms with Gasteiger partial charge in [-0.15, -0.1) is 0 Å². The molecule has 0 radical (unpaired) electrons. The molecule has 0 fully saturated rings. The Balaban J connectivity index is 2.46. The maximum Gasteiger partial charge on any atom is 0.330 e. The van der Waals surface area contributed by atoms with Crippen LogP contribution in [0.15, 0.2) is 36.4 Å². The van der Waals surface area contributed by atoms with Crippen LogP contribution in [0.5, 0.6) is 5.75 Å². The minimum atomic E-state index is -0.512. The van der Waals surface area contributed by atoms with E-state index < -0.39 is 11.9 Å². The normalized spacial score (nSPS) is 10.3. The van der Waals surface area contributed by atoms with Crippen LogP contribution in [0.3, 0.4) is 0 Å². The molecule has 0 aliphatic rings. The van der Waals surface area contributed by atoms with Crippen molar-refractivity contribution in [3.05, 3.63) is 42.0 Å². The lowest BCUT2D eigenvalue weighted by atomic mass is 10.2. The van der Waals surface area contributed by atoms with Crippen molar-refractivity contribution in [2.75, 3.05) is 13.2 Å². The molecule has 1 amide bonds. The molecule has 0 spiro atoms. The first-order valence-corrected chi connectivity index (χ1v) is 5.49. The fourth-order valence-electron chi connectivity index (χ4n) is 1.22. The standard InChI is InChI=1S/C13H15NO4/c1-2-17-12(15)7-4-8-18-11-6-3-5-10(9-11)13(14)16/h3-7,9H,2,8H2,1H3,(H2,14,16)/b7-4+. The molecular weight excluding hydrogens is 234 g/mol. The quantitative estimate of drug-likeness (QED) is 0.608. The van der Waals surface area contributed by atoms with Crippen LogP contribution in [-0.4, -0.2) is 25.1 Å². The lowest BCUT2D eigenvalue weighted by molar-refractivity contribution is -0.137. The summed E-state index contributed by atoms with van der Waals surface area (Å²) < 4.78 is 10.0. The van der Waals surface area contributed by atoms with E-state index in [1.807, 2.05) is 0 Å². The molecule has 0 aliphatic heterocycles. The van der Waals surface area contributed by atoms with Crippen LogP contribution in [0.2, 0.25) is 0 Å². The van der Waals surface area contributed by atoms with Crippen LogP contribution in [0.1, 0.15) is 17.3 Å². The second kappa shape index (κ2) is 7.11. The van der Waals surface area contributed by atoms with E-state index in [4.69, 9.17) is 15.2 Å². The van der Waals surface area contributed by atoms with E-state index in [9.17, 15) is 9.59 Å². The second-order valence-corrected chi connectivity index (χ2v) is 3.36. The Labute approximate surface area is 105 Å². The van der Waals surface area contributed by atoms with Gasteiger partial charge in [-0.25, -0.2) is 4.79 Å². The first-order chi connectivity index (χ1) is 8.63. The molecule has 1 aromatic carbocycles. The fraction of sp³-hybridized carbons (Fsp3) is 0.231. The Morgan fingerprint density at radius 1 is 1.39 bits per heavy atom. The van der Waals surface area contributed by atoms with Crippen LogP contribution >= 0.6 is 0 Å². The number of nitrogens with two attached hydrogens (primary N) is 1. The van der Waals surface area contributed by atoms with Crippen LogP contribution < -0.4 is 10.5 Å². The fourth-order valence-corrected chi connectivity index (χ4v) is 1.22. The van der Waals surface area contributed by atoms with Crippen molar-refractivity contribution in [1.29, 1.82) is 0 Å². The van der Waals surface area contributed by atoms with Gasteiger partial charge in [-0.05, 0) is 31.2 Å².